The van der Waals surface area contributed by atoms with Crippen molar-refractivity contribution in [1.82, 2.24) is 25.1 Å². The summed E-state index contributed by atoms with van der Waals surface area (Å²) in [6, 6.07) is 0.554. The Kier molecular flexibility index (Phi) is 3.27. The average molecular weight is 252 g/mol. The Morgan fingerprint density at radius 1 is 1.56 bits per heavy atom. The van der Waals surface area contributed by atoms with E-state index in [9.17, 15) is 0 Å². The number of nitrogens with zero attached hydrogens (tertiary/aromatic N) is 5. The number of hydrogen-bond donors (Lipinski definition) is 1. The minimum atomic E-state index is -0.0595. The normalized spacial score (nSPS) is 30.3. The van der Waals surface area contributed by atoms with Gasteiger partial charge in [-0.3, -0.25) is 4.90 Å². The molecule has 3 rings (SSSR count). The molecule has 0 bridgehead atoms. The first-order valence-electron chi connectivity index (χ1n) is 6.56. The fraction of sp³-hybridized carbons (Fsp3) is 0.909. The SMILES string of the molecule is Cn1nnc(CC(N)C2CN3CCCC3CO2)n1. The molecule has 0 amide bonds. The van der Waals surface area contributed by atoms with E-state index in [1.165, 1.54) is 24.2 Å². The van der Waals surface area contributed by atoms with Crippen LogP contribution in [-0.2, 0) is 18.2 Å². The molecule has 2 aliphatic rings. The molecule has 18 heavy (non-hydrogen) atoms. The lowest BCUT2D eigenvalue weighted by molar-refractivity contribution is -0.0591. The first-order valence-corrected chi connectivity index (χ1v) is 6.56. The molecule has 0 radical (unpaired) electrons. The standard InChI is InChI=1S/C11H20N6O/c1-16-14-11(13-15-16)5-9(12)10-6-17-4-2-3-8(17)7-18-10/h8-10H,2-7,12H2,1H3. The molecule has 2 N–H and O–H groups in total. The van der Waals surface area contributed by atoms with Gasteiger partial charge in [-0.1, -0.05) is 0 Å². The molecule has 3 heterocycles. The van der Waals surface area contributed by atoms with Crippen molar-refractivity contribution < 1.29 is 4.74 Å². The van der Waals surface area contributed by atoms with Crippen molar-refractivity contribution >= 4 is 0 Å². The van der Waals surface area contributed by atoms with Gasteiger partial charge in [-0.2, -0.15) is 4.80 Å². The van der Waals surface area contributed by atoms with Crippen LogP contribution in [0.5, 0.6) is 0 Å². The molecule has 0 saturated carbocycles. The van der Waals surface area contributed by atoms with E-state index in [0.717, 1.165) is 13.2 Å². The van der Waals surface area contributed by atoms with E-state index in [4.69, 9.17) is 10.5 Å². The second kappa shape index (κ2) is 4.91. The third-order valence-corrected chi connectivity index (χ3v) is 3.86. The van der Waals surface area contributed by atoms with Crippen molar-refractivity contribution in [3.63, 3.8) is 0 Å². The summed E-state index contributed by atoms with van der Waals surface area (Å²) < 4.78 is 5.88. The summed E-state index contributed by atoms with van der Waals surface area (Å²) in [6.45, 7) is 2.93. The number of morpholine rings is 1. The zero-order valence-electron chi connectivity index (χ0n) is 10.7. The fourth-order valence-electron chi connectivity index (χ4n) is 2.85. The van der Waals surface area contributed by atoms with Gasteiger partial charge in [0, 0.05) is 25.0 Å². The summed E-state index contributed by atoms with van der Waals surface area (Å²) in [5, 5.41) is 11.9. The first-order chi connectivity index (χ1) is 8.72. The monoisotopic (exact) mass is 252 g/mol. The molecule has 0 aliphatic carbocycles. The Morgan fingerprint density at radius 3 is 3.22 bits per heavy atom. The average Bonchev–Trinajstić information content (AvgIpc) is 2.96. The highest BCUT2D eigenvalue weighted by molar-refractivity contribution is 4.93. The molecular formula is C11H20N6O. The quantitative estimate of drug-likeness (QED) is 0.738. The topological polar surface area (TPSA) is 82.1 Å². The maximum atomic E-state index is 6.20. The zero-order chi connectivity index (χ0) is 12.5. The molecule has 2 aliphatic heterocycles. The molecule has 3 unspecified atom stereocenters. The maximum Gasteiger partial charge on any atom is 0.176 e. The summed E-state index contributed by atoms with van der Waals surface area (Å²) in [6.07, 6.45) is 3.25. The molecule has 7 nitrogen and oxygen atoms in total. The number of hydrogen-bond acceptors (Lipinski definition) is 6. The van der Waals surface area contributed by atoms with E-state index in [1.807, 2.05) is 0 Å². The van der Waals surface area contributed by atoms with Gasteiger partial charge < -0.3 is 10.5 Å². The maximum absolute atomic E-state index is 6.20. The van der Waals surface area contributed by atoms with Crippen molar-refractivity contribution in [3.05, 3.63) is 5.82 Å². The Morgan fingerprint density at radius 2 is 2.44 bits per heavy atom. The molecule has 100 valence electrons. The summed E-state index contributed by atoms with van der Waals surface area (Å²) in [5.74, 6) is 0.692. The van der Waals surface area contributed by atoms with E-state index in [0.29, 0.717) is 18.3 Å². The van der Waals surface area contributed by atoms with Crippen LogP contribution in [0.2, 0.25) is 0 Å². The van der Waals surface area contributed by atoms with Gasteiger partial charge in [-0.15, -0.1) is 10.2 Å². The highest BCUT2D eigenvalue weighted by Gasteiger charge is 2.34. The zero-order valence-corrected chi connectivity index (χ0v) is 10.7. The van der Waals surface area contributed by atoms with Gasteiger partial charge in [0.15, 0.2) is 5.82 Å². The van der Waals surface area contributed by atoms with Gasteiger partial charge in [0.1, 0.15) is 0 Å². The number of nitrogens with two attached hydrogens (primary N) is 1. The number of rotatable bonds is 3. The lowest BCUT2D eigenvalue weighted by Gasteiger charge is -2.37. The fourth-order valence-corrected chi connectivity index (χ4v) is 2.85. The number of ether oxygens (including phenoxy) is 1. The molecule has 2 saturated heterocycles. The Balaban J connectivity index is 1.57. The minimum absolute atomic E-state index is 0.0595. The molecule has 0 aromatic carbocycles. The number of fused-ring (bicyclic) bond motifs is 1. The first kappa shape index (κ1) is 12.0. The van der Waals surface area contributed by atoms with Crippen molar-refractivity contribution in [2.24, 2.45) is 12.8 Å². The summed E-state index contributed by atoms with van der Waals surface area (Å²) in [7, 11) is 1.76. The number of tetrazole rings is 1. The van der Waals surface area contributed by atoms with Gasteiger partial charge >= 0.3 is 0 Å². The summed E-state index contributed by atoms with van der Waals surface area (Å²) in [5.41, 5.74) is 6.20. The van der Waals surface area contributed by atoms with Gasteiger partial charge in [-0.25, -0.2) is 0 Å². The number of aryl methyl sites for hydroxylation is 1. The van der Waals surface area contributed by atoms with Crippen LogP contribution in [0.15, 0.2) is 0 Å². The van der Waals surface area contributed by atoms with Crippen LogP contribution in [0.25, 0.3) is 0 Å². The molecule has 1 aromatic heterocycles. The van der Waals surface area contributed by atoms with Gasteiger partial charge in [0.2, 0.25) is 0 Å². The Labute approximate surface area is 106 Å². The van der Waals surface area contributed by atoms with E-state index >= 15 is 0 Å². The van der Waals surface area contributed by atoms with Gasteiger partial charge in [0.25, 0.3) is 0 Å². The highest BCUT2D eigenvalue weighted by atomic mass is 16.5. The number of aromatic nitrogens is 4. The van der Waals surface area contributed by atoms with Crippen LogP contribution < -0.4 is 5.73 Å². The second-order valence-electron chi connectivity index (χ2n) is 5.23. The lowest BCUT2D eigenvalue weighted by atomic mass is 10.1. The van der Waals surface area contributed by atoms with Crippen LogP contribution in [0.1, 0.15) is 18.7 Å². The highest BCUT2D eigenvalue weighted by Crippen LogP contribution is 2.23. The van der Waals surface area contributed by atoms with E-state index in [-0.39, 0.29) is 12.1 Å². The van der Waals surface area contributed by atoms with E-state index in [2.05, 4.69) is 20.3 Å². The minimum Gasteiger partial charge on any atom is -0.374 e. The predicted octanol–water partition coefficient (Wildman–Crippen LogP) is -1.06. The molecule has 2 fully saturated rings. The van der Waals surface area contributed by atoms with Gasteiger partial charge in [-0.05, 0) is 24.6 Å². The van der Waals surface area contributed by atoms with Crippen molar-refractivity contribution in [1.29, 1.82) is 0 Å². The Bertz CT molecular complexity index is 408. The van der Waals surface area contributed by atoms with E-state index in [1.54, 1.807) is 7.05 Å². The van der Waals surface area contributed by atoms with Crippen molar-refractivity contribution in [3.8, 4) is 0 Å². The summed E-state index contributed by atoms with van der Waals surface area (Å²) >= 11 is 0. The molecule has 3 atom stereocenters. The Hall–Kier alpha value is -1.05. The molecular weight excluding hydrogens is 232 g/mol. The largest absolute Gasteiger partial charge is 0.374 e. The third-order valence-electron chi connectivity index (χ3n) is 3.86. The predicted molar refractivity (Wildman–Crippen MR) is 64.8 cm³/mol. The van der Waals surface area contributed by atoms with Crippen LogP contribution in [0.3, 0.4) is 0 Å². The van der Waals surface area contributed by atoms with Crippen LogP contribution >= 0.6 is 0 Å². The smallest absolute Gasteiger partial charge is 0.176 e. The van der Waals surface area contributed by atoms with Crippen molar-refractivity contribution in [2.75, 3.05) is 19.7 Å². The lowest BCUT2D eigenvalue weighted by Crippen LogP contribution is -2.53. The summed E-state index contributed by atoms with van der Waals surface area (Å²) in [4.78, 5) is 3.96. The molecule has 0 spiro atoms. The van der Waals surface area contributed by atoms with Crippen LogP contribution in [-0.4, -0.2) is 63.0 Å². The van der Waals surface area contributed by atoms with Gasteiger partial charge in [0.05, 0.1) is 19.8 Å². The van der Waals surface area contributed by atoms with E-state index < -0.39 is 0 Å². The van der Waals surface area contributed by atoms with Crippen LogP contribution in [0, 0.1) is 0 Å². The van der Waals surface area contributed by atoms with Crippen LogP contribution in [0.4, 0.5) is 0 Å². The second-order valence-corrected chi connectivity index (χ2v) is 5.23. The van der Waals surface area contributed by atoms with Crippen molar-refractivity contribution in [2.45, 2.75) is 37.5 Å². The molecule has 7 heteroatoms. The molecule has 1 aromatic rings. The third kappa shape index (κ3) is 2.38.